The van der Waals surface area contributed by atoms with Crippen molar-refractivity contribution in [2.75, 3.05) is 13.2 Å². The highest BCUT2D eigenvalue weighted by Crippen LogP contribution is 2.36. The monoisotopic (exact) mass is 861 g/mol. The largest absolute Gasteiger partial charge is 0.469 e. The van der Waals surface area contributed by atoms with Crippen LogP contribution in [0.15, 0.2) is 72.9 Å². The van der Waals surface area contributed by atoms with Crippen molar-refractivity contribution in [3.8, 4) is 0 Å². The van der Waals surface area contributed by atoms with Gasteiger partial charge < -0.3 is 19.3 Å². The molecule has 0 radical (unpaired) electrons. The fourth-order valence-electron chi connectivity index (χ4n) is 6.63. The van der Waals surface area contributed by atoms with Crippen LogP contribution in [0.5, 0.6) is 0 Å². The molecular formula is C51H89O8P. The quantitative estimate of drug-likeness (QED) is 0.0269. The van der Waals surface area contributed by atoms with Crippen molar-refractivity contribution in [1.82, 2.24) is 0 Å². The molecule has 0 heterocycles. The molecule has 0 bridgehead atoms. The number of unbranched alkanes of at least 4 members (excludes halogenated alkanes) is 22. The van der Waals surface area contributed by atoms with Gasteiger partial charge in [-0.15, -0.1) is 0 Å². The van der Waals surface area contributed by atoms with Gasteiger partial charge in [0, 0.05) is 12.8 Å². The Kier molecular flexibility index (Phi) is 44.1. The molecule has 8 nitrogen and oxygen atoms in total. The minimum atomic E-state index is -4.76. The maximum Gasteiger partial charge on any atom is 0.469 e. The smallest absolute Gasteiger partial charge is 0.462 e. The molecule has 60 heavy (non-hydrogen) atoms. The van der Waals surface area contributed by atoms with Crippen LogP contribution < -0.4 is 0 Å². The molecule has 0 saturated carbocycles. The lowest BCUT2D eigenvalue weighted by Crippen LogP contribution is -2.29. The third kappa shape index (κ3) is 48.2. The van der Waals surface area contributed by atoms with Crippen LogP contribution in [0.4, 0.5) is 0 Å². The predicted octanol–water partition coefficient (Wildman–Crippen LogP) is 15.4. The van der Waals surface area contributed by atoms with E-state index in [0.29, 0.717) is 6.42 Å². The summed E-state index contributed by atoms with van der Waals surface area (Å²) in [4.78, 5) is 43.1. The summed E-state index contributed by atoms with van der Waals surface area (Å²) in [5.41, 5.74) is 0. The van der Waals surface area contributed by atoms with Crippen molar-refractivity contribution >= 4 is 19.8 Å². The molecule has 0 aromatic carbocycles. The molecule has 0 spiro atoms. The van der Waals surface area contributed by atoms with E-state index in [1.807, 2.05) is 0 Å². The number of carbonyl (C=O) groups excluding carboxylic acids is 2. The van der Waals surface area contributed by atoms with E-state index in [1.165, 1.54) is 96.3 Å². The number of phosphoric acid groups is 1. The standard InChI is InChI=1S/C51H89O8P/c1-3-5-7-9-11-13-15-17-19-21-23-24-25-26-28-30-32-34-36-38-40-42-44-46-51(53)59-49(48-58-60(54,55)56)47-57-50(52)45-43-41-39-37-35-33-31-29-27-22-20-18-16-14-12-10-8-6-4-2/h5,7,11-14,17-20,23-24,49H,3-4,6,8-10,15-16,21-22,25-48H2,1-2H3,(H2,54,55,56)/b7-5-,13-11-,14-12-,19-17-,20-18-,24-23-. The lowest BCUT2D eigenvalue weighted by atomic mass is 10.0. The molecule has 1 atom stereocenters. The molecule has 346 valence electrons. The fraction of sp³-hybridized carbons (Fsp3) is 0.725. The van der Waals surface area contributed by atoms with Crippen LogP contribution in [-0.2, 0) is 28.2 Å². The van der Waals surface area contributed by atoms with Crippen LogP contribution >= 0.6 is 7.82 Å². The fourth-order valence-corrected chi connectivity index (χ4v) is 6.99. The highest BCUT2D eigenvalue weighted by atomic mass is 31.2. The Bertz CT molecular complexity index is 1200. The Morgan fingerprint density at radius 1 is 0.450 bits per heavy atom. The van der Waals surface area contributed by atoms with Gasteiger partial charge in [-0.05, 0) is 83.5 Å². The van der Waals surface area contributed by atoms with Crippen molar-refractivity contribution < 1.29 is 37.9 Å². The summed E-state index contributed by atoms with van der Waals surface area (Å²) < 4.78 is 26.5. The van der Waals surface area contributed by atoms with Crippen LogP contribution in [0, 0.1) is 0 Å². The first kappa shape index (κ1) is 57.5. The second-order valence-electron chi connectivity index (χ2n) is 16.1. The third-order valence-electron chi connectivity index (χ3n) is 10.2. The molecule has 0 aromatic heterocycles. The number of phosphoric ester groups is 1. The first-order chi connectivity index (χ1) is 29.3. The Labute approximate surface area is 368 Å². The van der Waals surface area contributed by atoms with Gasteiger partial charge in [0.25, 0.3) is 0 Å². The normalized spacial score (nSPS) is 13.1. The van der Waals surface area contributed by atoms with Gasteiger partial charge in [-0.3, -0.25) is 14.1 Å². The minimum Gasteiger partial charge on any atom is -0.462 e. The van der Waals surface area contributed by atoms with Crippen LogP contribution in [0.25, 0.3) is 0 Å². The Hall–Kier alpha value is -2.51. The zero-order valence-electron chi connectivity index (χ0n) is 38.3. The predicted molar refractivity (Wildman–Crippen MR) is 253 cm³/mol. The van der Waals surface area contributed by atoms with Crippen molar-refractivity contribution in [2.45, 2.75) is 225 Å². The Balaban J connectivity index is 3.87. The molecule has 0 aliphatic carbocycles. The number of hydrogen-bond acceptors (Lipinski definition) is 6. The van der Waals surface area contributed by atoms with Crippen LogP contribution in [0.1, 0.15) is 219 Å². The summed E-state index contributed by atoms with van der Waals surface area (Å²) in [6.45, 7) is 3.56. The average molecular weight is 861 g/mol. The number of hydrogen-bond donors (Lipinski definition) is 2. The van der Waals surface area contributed by atoms with Gasteiger partial charge in [0.2, 0.25) is 0 Å². The highest BCUT2D eigenvalue weighted by molar-refractivity contribution is 7.46. The third-order valence-corrected chi connectivity index (χ3v) is 10.7. The Morgan fingerprint density at radius 2 is 0.800 bits per heavy atom. The van der Waals surface area contributed by atoms with E-state index in [2.05, 4.69) is 91.3 Å². The molecule has 0 aliphatic rings. The summed E-state index contributed by atoms with van der Waals surface area (Å²) in [5, 5.41) is 0. The summed E-state index contributed by atoms with van der Waals surface area (Å²) in [7, 11) is -4.76. The van der Waals surface area contributed by atoms with E-state index in [9.17, 15) is 14.2 Å². The first-order valence-corrected chi connectivity index (χ1v) is 25.8. The van der Waals surface area contributed by atoms with E-state index in [0.717, 1.165) is 89.9 Å². The molecule has 0 fully saturated rings. The number of rotatable bonds is 44. The summed E-state index contributed by atoms with van der Waals surface area (Å²) in [6, 6.07) is 0. The van der Waals surface area contributed by atoms with Crippen LogP contribution in [0.2, 0.25) is 0 Å². The van der Waals surface area contributed by atoms with Gasteiger partial charge in [0.1, 0.15) is 6.61 Å². The molecule has 0 aliphatic heterocycles. The van der Waals surface area contributed by atoms with Gasteiger partial charge in [-0.2, -0.15) is 0 Å². The first-order valence-electron chi connectivity index (χ1n) is 24.2. The summed E-state index contributed by atoms with van der Waals surface area (Å²) in [5.74, 6) is -0.893. The molecule has 9 heteroatoms. The molecule has 1 unspecified atom stereocenters. The van der Waals surface area contributed by atoms with Crippen LogP contribution in [0.3, 0.4) is 0 Å². The zero-order valence-corrected chi connectivity index (χ0v) is 39.2. The van der Waals surface area contributed by atoms with E-state index < -0.39 is 32.5 Å². The van der Waals surface area contributed by atoms with E-state index >= 15 is 0 Å². The number of allylic oxidation sites excluding steroid dienone is 12. The van der Waals surface area contributed by atoms with Crippen molar-refractivity contribution in [3.05, 3.63) is 72.9 Å². The molecule has 0 amide bonds. The Morgan fingerprint density at radius 3 is 1.20 bits per heavy atom. The maximum atomic E-state index is 12.5. The van der Waals surface area contributed by atoms with Gasteiger partial charge >= 0.3 is 19.8 Å². The SMILES string of the molecule is CC/C=C\C/C=C\C/C=C\C/C=C\CCCCCCCCCCCCC(=O)OC(COC(=O)CCCCCCCCCCC/C=C\C/C=C\CCCCC)COP(=O)(O)O. The lowest BCUT2D eigenvalue weighted by molar-refractivity contribution is -0.161. The van der Waals surface area contributed by atoms with Crippen molar-refractivity contribution in [1.29, 1.82) is 0 Å². The van der Waals surface area contributed by atoms with E-state index in [1.54, 1.807) is 0 Å². The minimum absolute atomic E-state index is 0.203. The molecular weight excluding hydrogens is 772 g/mol. The number of esters is 2. The van der Waals surface area contributed by atoms with Crippen molar-refractivity contribution in [2.24, 2.45) is 0 Å². The second kappa shape index (κ2) is 46.0. The molecule has 0 saturated heterocycles. The van der Waals surface area contributed by atoms with E-state index in [4.69, 9.17) is 19.3 Å². The van der Waals surface area contributed by atoms with Gasteiger partial charge in [0.05, 0.1) is 6.61 Å². The van der Waals surface area contributed by atoms with E-state index in [-0.39, 0.29) is 19.4 Å². The topological polar surface area (TPSA) is 119 Å². The lowest BCUT2D eigenvalue weighted by Gasteiger charge is -2.18. The molecule has 0 aromatic rings. The number of carbonyl (C=O) groups is 2. The average Bonchev–Trinajstić information content (AvgIpc) is 3.22. The van der Waals surface area contributed by atoms with Gasteiger partial charge in [-0.1, -0.05) is 196 Å². The van der Waals surface area contributed by atoms with Crippen molar-refractivity contribution in [3.63, 3.8) is 0 Å². The second-order valence-corrected chi connectivity index (χ2v) is 17.3. The summed E-state index contributed by atoms with van der Waals surface area (Å²) >= 11 is 0. The molecule has 0 rings (SSSR count). The highest BCUT2D eigenvalue weighted by Gasteiger charge is 2.23. The number of ether oxygens (including phenoxy) is 2. The van der Waals surface area contributed by atoms with Gasteiger partial charge in [-0.25, -0.2) is 4.57 Å². The van der Waals surface area contributed by atoms with Crippen LogP contribution in [-0.4, -0.2) is 41.0 Å². The molecule has 2 N–H and O–H groups in total. The zero-order chi connectivity index (χ0) is 43.9. The summed E-state index contributed by atoms with van der Waals surface area (Å²) in [6.07, 6.45) is 60.5. The maximum absolute atomic E-state index is 12.5. The van der Waals surface area contributed by atoms with Gasteiger partial charge in [0.15, 0.2) is 6.10 Å².